The van der Waals surface area contributed by atoms with Crippen LogP contribution in [0.1, 0.15) is 61.4 Å². The maximum atomic E-state index is 13.3. The van der Waals surface area contributed by atoms with Crippen LogP contribution in [0.5, 0.6) is 0 Å². The van der Waals surface area contributed by atoms with Crippen molar-refractivity contribution in [1.29, 1.82) is 0 Å². The number of amides is 1. The Bertz CT molecular complexity index is 1370. The molecular weight excluding hydrogens is 446 g/mol. The molecule has 176 valence electrons. The van der Waals surface area contributed by atoms with Crippen LogP contribution in [-0.2, 0) is 12.3 Å². The molecule has 1 aliphatic rings. The van der Waals surface area contributed by atoms with Crippen molar-refractivity contribution in [3.05, 3.63) is 70.0 Å². The lowest BCUT2D eigenvalue weighted by Gasteiger charge is -2.22. The molecule has 1 amide bonds. The monoisotopic (exact) mass is 475 g/mol. The molecule has 34 heavy (non-hydrogen) atoms. The molecule has 1 aliphatic carbocycles. The van der Waals surface area contributed by atoms with Gasteiger partial charge in [-0.15, -0.1) is 10.2 Å². The summed E-state index contributed by atoms with van der Waals surface area (Å²) in [7, 11) is 0. The normalized spacial score (nSPS) is 14.6. The lowest BCUT2D eigenvalue weighted by atomic mass is 9.95. The number of thioether (sulfide) groups is 1. The van der Waals surface area contributed by atoms with Crippen LogP contribution >= 0.6 is 11.8 Å². The van der Waals surface area contributed by atoms with Crippen molar-refractivity contribution in [2.24, 2.45) is 0 Å². The van der Waals surface area contributed by atoms with E-state index in [1.54, 1.807) is 28.5 Å². The number of fused-ring (bicyclic) bond motifs is 3. The highest BCUT2D eigenvalue weighted by molar-refractivity contribution is 7.98. The Labute approximate surface area is 202 Å². The van der Waals surface area contributed by atoms with Gasteiger partial charge in [-0.2, -0.15) is 0 Å². The number of hydrogen-bond acceptors (Lipinski definition) is 5. The van der Waals surface area contributed by atoms with Crippen molar-refractivity contribution >= 4 is 34.3 Å². The molecule has 4 aromatic rings. The maximum absolute atomic E-state index is 13.3. The van der Waals surface area contributed by atoms with E-state index in [4.69, 9.17) is 0 Å². The van der Waals surface area contributed by atoms with Gasteiger partial charge < -0.3 is 5.32 Å². The van der Waals surface area contributed by atoms with E-state index in [9.17, 15) is 9.59 Å². The molecule has 8 heteroatoms. The first-order chi connectivity index (χ1) is 16.7. The zero-order valence-electron chi connectivity index (χ0n) is 19.4. The maximum Gasteiger partial charge on any atom is 0.262 e. The largest absolute Gasteiger partial charge is 0.349 e. The van der Waals surface area contributed by atoms with E-state index >= 15 is 0 Å². The number of nitrogens with zero attached hydrogens (tertiary/aromatic N) is 4. The summed E-state index contributed by atoms with van der Waals surface area (Å²) in [4.78, 5) is 26.3. The lowest BCUT2D eigenvalue weighted by Crippen LogP contribution is -2.36. The second-order valence-electron chi connectivity index (χ2n) is 8.89. The van der Waals surface area contributed by atoms with Crippen LogP contribution in [0.3, 0.4) is 0 Å². The van der Waals surface area contributed by atoms with E-state index in [1.807, 2.05) is 35.6 Å². The van der Waals surface area contributed by atoms with Crippen LogP contribution in [0, 0.1) is 0 Å². The van der Waals surface area contributed by atoms with Gasteiger partial charge in [0.2, 0.25) is 5.78 Å². The third-order valence-corrected chi connectivity index (χ3v) is 7.43. The smallest absolute Gasteiger partial charge is 0.262 e. The predicted octanol–water partition coefficient (Wildman–Crippen LogP) is 4.81. The first-order valence-electron chi connectivity index (χ1n) is 12.0. The van der Waals surface area contributed by atoms with Gasteiger partial charge >= 0.3 is 0 Å². The minimum atomic E-state index is -0.101. The van der Waals surface area contributed by atoms with Crippen molar-refractivity contribution in [2.45, 2.75) is 68.9 Å². The second kappa shape index (κ2) is 10.0. The summed E-state index contributed by atoms with van der Waals surface area (Å²) in [5.74, 6) is 1.16. The molecule has 0 aliphatic heterocycles. The average Bonchev–Trinajstić information content (AvgIpc) is 3.30. The Morgan fingerprint density at radius 2 is 1.88 bits per heavy atom. The Morgan fingerprint density at radius 1 is 1.09 bits per heavy atom. The number of carbonyl (C=O) groups excluding carboxylic acids is 1. The van der Waals surface area contributed by atoms with Gasteiger partial charge in [-0.05, 0) is 43.0 Å². The molecule has 0 atom stereocenters. The van der Waals surface area contributed by atoms with E-state index < -0.39 is 0 Å². The van der Waals surface area contributed by atoms with Crippen molar-refractivity contribution in [2.75, 3.05) is 0 Å². The van der Waals surface area contributed by atoms with Crippen molar-refractivity contribution in [3.8, 4) is 0 Å². The Kier molecular flexibility index (Phi) is 6.67. The van der Waals surface area contributed by atoms with Crippen LogP contribution in [-0.4, -0.2) is 31.1 Å². The third-order valence-electron chi connectivity index (χ3n) is 6.43. The molecule has 1 N–H and O–H groups in total. The molecule has 0 spiro atoms. The predicted molar refractivity (Wildman–Crippen MR) is 135 cm³/mol. The van der Waals surface area contributed by atoms with Gasteiger partial charge in [0.05, 0.1) is 10.9 Å². The standard InChI is InChI=1S/C26H29N5O2S/c1-2-15-30-24(33)21-14-13-19(23(32)27-20-11-7-4-8-12-20)16-22(21)31-25(30)28-29-26(31)34-17-18-9-5-3-6-10-18/h3,5-6,9-10,13-14,16,20H,2,4,7-8,11-12,15,17H2,1H3,(H,27,32). The van der Waals surface area contributed by atoms with Gasteiger partial charge in [-0.1, -0.05) is 68.3 Å². The number of rotatable bonds is 7. The fraction of sp³-hybridized carbons (Fsp3) is 0.385. The highest BCUT2D eigenvalue weighted by Gasteiger charge is 2.20. The Hall–Kier alpha value is -3.13. The van der Waals surface area contributed by atoms with E-state index in [0.29, 0.717) is 33.9 Å². The van der Waals surface area contributed by atoms with E-state index in [2.05, 4.69) is 27.6 Å². The summed E-state index contributed by atoms with van der Waals surface area (Å²) in [5.41, 5.74) is 2.31. The summed E-state index contributed by atoms with van der Waals surface area (Å²) in [6.07, 6.45) is 6.41. The number of aryl methyl sites for hydroxylation is 1. The molecule has 0 radical (unpaired) electrons. The molecule has 5 rings (SSSR count). The molecule has 2 aromatic heterocycles. The average molecular weight is 476 g/mol. The summed E-state index contributed by atoms with van der Waals surface area (Å²) < 4.78 is 3.61. The zero-order chi connectivity index (χ0) is 23.5. The minimum Gasteiger partial charge on any atom is -0.349 e. The SMILES string of the molecule is CCCn1c(=O)c2ccc(C(=O)NC3CCCCC3)cc2n2c(SCc3ccccc3)nnc12. The van der Waals surface area contributed by atoms with Gasteiger partial charge in [0.25, 0.3) is 11.5 Å². The molecule has 2 heterocycles. The van der Waals surface area contributed by atoms with Crippen LogP contribution in [0.4, 0.5) is 0 Å². The number of carbonyl (C=O) groups is 1. The molecule has 1 saturated carbocycles. The molecule has 0 unspecified atom stereocenters. The number of hydrogen-bond donors (Lipinski definition) is 1. The van der Waals surface area contributed by atoms with Gasteiger partial charge in [0, 0.05) is 23.9 Å². The quantitative estimate of drug-likeness (QED) is 0.388. The topological polar surface area (TPSA) is 81.3 Å². The zero-order valence-corrected chi connectivity index (χ0v) is 20.2. The van der Waals surface area contributed by atoms with Crippen LogP contribution in [0.15, 0.2) is 58.5 Å². The summed E-state index contributed by atoms with van der Waals surface area (Å²) in [6, 6.07) is 15.7. The molecule has 2 aromatic carbocycles. The second-order valence-corrected chi connectivity index (χ2v) is 9.83. The van der Waals surface area contributed by atoms with E-state index in [1.165, 1.54) is 12.0 Å². The fourth-order valence-corrected chi connectivity index (χ4v) is 5.58. The number of aromatic nitrogens is 4. The highest BCUT2D eigenvalue weighted by Crippen LogP contribution is 2.26. The molecule has 0 saturated heterocycles. The first kappa shape index (κ1) is 22.7. The molecular formula is C26H29N5O2S. The minimum absolute atomic E-state index is 0.0914. The van der Waals surface area contributed by atoms with E-state index in [-0.39, 0.29) is 17.5 Å². The van der Waals surface area contributed by atoms with Gasteiger partial charge in [-0.25, -0.2) is 0 Å². The van der Waals surface area contributed by atoms with Crippen molar-refractivity contribution < 1.29 is 4.79 Å². The first-order valence-corrected chi connectivity index (χ1v) is 13.0. The summed E-state index contributed by atoms with van der Waals surface area (Å²) in [5, 5.41) is 13.3. The highest BCUT2D eigenvalue weighted by atomic mass is 32.2. The summed E-state index contributed by atoms with van der Waals surface area (Å²) >= 11 is 1.57. The van der Waals surface area contributed by atoms with Gasteiger partial charge in [0.1, 0.15) is 0 Å². The third kappa shape index (κ3) is 4.46. The van der Waals surface area contributed by atoms with E-state index in [0.717, 1.165) is 37.9 Å². The fourth-order valence-electron chi connectivity index (χ4n) is 4.68. The number of benzene rings is 2. The van der Waals surface area contributed by atoms with Gasteiger partial charge in [0.15, 0.2) is 5.16 Å². The molecule has 1 fully saturated rings. The Balaban J connectivity index is 1.57. The van der Waals surface area contributed by atoms with Crippen molar-refractivity contribution in [1.82, 2.24) is 24.5 Å². The van der Waals surface area contributed by atoms with Crippen LogP contribution in [0.25, 0.3) is 16.7 Å². The van der Waals surface area contributed by atoms with Crippen LogP contribution in [0.2, 0.25) is 0 Å². The number of nitrogens with one attached hydrogen (secondary N) is 1. The Morgan fingerprint density at radius 3 is 2.65 bits per heavy atom. The summed E-state index contributed by atoms with van der Waals surface area (Å²) in [6.45, 7) is 2.59. The lowest BCUT2D eigenvalue weighted by molar-refractivity contribution is 0.0928. The molecule has 0 bridgehead atoms. The van der Waals surface area contributed by atoms with Gasteiger partial charge in [-0.3, -0.25) is 18.6 Å². The van der Waals surface area contributed by atoms with Crippen LogP contribution < -0.4 is 10.9 Å². The van der Waals surface area contributed by atoms with Crippen molar-refractivity contribution in [3.63, 3.8) is 0 Å². The molecule has 7 nitrogen and oxygen atoms in total.